The maximum absolute atomic E-state index is 11.1. The van der Waals surface area contributed by atoms with E-state index >= 15 is 0 Å². The van der Waals surface area contributed by atoms with Crippen LogP contribution in [0.3, 0.4) is 0 Å². The van der Waals surface area contributed by atoms with Crippen LogP contribution >= 0.6 is 22.6 Å². The summed E-state index contributed by atoms with van der Waals surface area (Å²) in [6.07, 6.45) is 3.14. The first-order valence-corrected chi connectivity index (χ1v) is 5.94. The van der Waals surface area contributed by atoms with Crippen molar-refractivity contribution < 1.29 is 14.3 Å². The van der Waals surface area contributed by atoms with Crippen LogP contribution in [0.1, 0.15) is 12.5 Å². The van der Waals surface area contributed by atoms with Gasteiger partial charge in [0.05, 0.1) is 17.3 Å². The van der Waals surface area contributed by atoms with Gasteiger partial charge in [0.2, 0.25) is 0 Å². The Hall–Kier alpha value is -1.04. The average molecular weight is 332 g/mol. The van der Waals surface area contributed by atoms with Crippen molar-refractivity contribution in [1.82, 2.24) is 0 Å². The molecule has 0 bridgehead atoms. The van der Waals surface area contributed by atoms with Crippen LogP contribution < -0.4 is 4.74 Å². The lowest BCUT2D eigenvalue weighted by Crippen LogP contribution is -1.98. The van der Waals surface area contributed by atoms with Crippen LogP contribution in [0, 0.1) is 3.57 Å². The van der Waals surface area contributed by atoms with E-state index in [1.54, 1.807) is 20.1 Å². The molecule has 3 nitrogen and oxygen atoms in total. The quantitative estimate of drug-likeness (QED) is 0.483. The number of esters is 1. The zero-order valence-electron chi connectivity index (χ0n) is 9.20. The van der Waals surface area contributed by atoms with Gasteiger partial charge in [-0.15, -0.1) is 0 Å². The number of carbonyl (C=O) groups excluding carboxylic acids is 1. The van der Waals surface area contributed by atoms with Gasteiger partial charge in [-0.3, -0.25) is 0 Å². The van der Waals surface area contributed by atoms with Gasteiger partial charge in [0.15, 0.2) is 0 Å². The largest absolute Gasteiger partial charge is 0.496 e. The van der Waals surface area contributed by atoms with Gasteiger partial charge in [-0.05, 0) is 47.2 Å². The second kappa shape index (κ2) is 6.52. The zero-order chi connectivity index (χ0) is 12.0. The number of rotatable bonds is 4. The molecule has 86 valence electrons. The van der Waals surface area contributed by atoms with Crippen LogP contribution in [0.5, 0.6) is 5.75 Å². The Bertz CT molecular complexity index is 399. The molecule has 0 aliphatic heterocycles. The molecular formula is C12H13IO3. The molecule has 0 saturated heterocycles. The maximum atomic E-state index is 11.1. The van der Waals surface area contributed by atoms with E-state index in [1.807, 2.05) is 18.2 Å². The molecule has 0 heterocycles. The number of ether oxygens (including phenoxy) is 2. The van der Waals surface area contributed by atoms with Crippen molar-refractivity contribution in [3.63, 3.8) is 0 Å². The standard InChI is InChI=1S/C12H13IO3/c1-3-16-11(14)8-7-9-5-4-6-10(15-2)12(9)13/h4-8H,3H2,1-2H3/b8-7+. The van der Waals surface area contributed by atoms with Crippen LogP contribution in [0.25, 0.3) is 6.08 Å². The molecule has 1 aromatic rings. The van der Waals surface area contributed by atoms with E-state index in [4.69, 9.17) is 9.47 Å². The van der Waals surface area contributed by atoms with Gasteiger partial charge in [-0.25, -0.2) is 4.79 Å². The Labute approximate surface area is 109 Å². The highest BCUT2D eigenvalue weighted by Gasteiger charge is 2.03. The van der Waals surface area contributed by atoms with Crippen LogP contribution in [-0.2, 0) is 9.53 Å². The highest BCUT2D eigenvalue weighted by molar-refractivity contribution is 14.1. The van der Waals surface area contributed by atoms with Crippen molar-refractivity contribution in [2.24, 2.45) is 0 Å². The molecule has 0 saturated carbocycles. The maximum Gasteiger partial charge on any atom is 0.330 e. The van der Waals surface area contributed by atoms with Crippen molar-refractivity contribution in [3.8, 4) is 5.75 Å². The van der Waals surface area contributed by atoms with Crippen LogP contribution in [-0.4, -0.2) is 19.7 Å². The molecule has 1 rings (SSSR count). The van der Waals surface area contributed by atoms with E-state index in [-0.39, 0.29) is 5.97 Å². The zero-order valence-corrected chi connectivity index (χ0v) is 11.4. The van der Waals surface area contributed by atoms with Crippen LogP contribution in [0.15, 0.2) is 24.3 Å². The normalized spacial score (nSPS) is 10.4. The summed E-state index contributed by atoms with van der Waals surface area (Å²) < 4.78 is 11.0. The fraction of sp³-hybridized carbons (Fsp3) is 0.250. The summed E-state index contributed by atoms with van der Waals surface area (Å²) in [5.74, 6) is 0.465. The first-order chi connectivity index (χ1) is 7.69. The van der Waals surface area contributed by atoms with Crippen molar-refractivity contribution >= 4 is 34.6 Å². The molecule has 4 heteroatoms. The molecular weight excluding hydrogens is 319 g/mol. The molecule has 16 heavy (non-hydrogen) atoms. The molecule has 0 radical (unpaired) electrons. The molecule has 0 atom stereocenters. The van der Waals surface area contributed by atoms with Crippen molar-refractivity contribution in [3.05, 3.63) is 33.4 Å². The van der Waals surface area contributed by atoms with Gasteiger partial charge in [0.25, 0.3) is 0 Å². The minimum absolute atomic E-state index is 0.332. The van der Waals surface area contributed by atoms with Crippen LogP contribution in [0.2, 0.25) is 0 Å². The first-order valence-electron chi connectivity index (χ1n) is 4.86. The highest BCUT2D eigenvalue weighted by Crippen LogP contribution is 2.24. The second-order valence-electron chi connectivity index (χ2n) is 2.95. The molecule has 0 aliphatic carbocycles. The minimum atomic E-state index is -0.332. The fourth-order valence-electron chi connectivity index (χ4n) is 1.16. The molecule has 0 N–H and O–H groups in total. The van der Waals surface area contributed by atoms with E-state index in [9.17, 15) is 4.79 Å². The smallest absolute Gasteiger partial charge is 0.330 e. The molecule has 0 spiro atoms. The van der Waals surface area contributed by atoms with E-state index in [1.165, 1.54) is 6.08 Å². The lowest BCUT2D eigenvalue weighted by Gasteiger charge is -2.05. The summed E-state index contributed by atoms with van der Waals surface area (Å²) in [7, 11) is 1.62. The van der Waals surface area contributed by atoms with Gasteiger partial charge in [-0.1, -0.05) is 12.1 Å². The number of benzene rings is 1. The van der Waals surface area contributed by atoms with E-state index in [0.717, 1.165) is 14.9 Å². The van der Waals surface area contributed by atoms with Crippen LogP contribution in [0.4, 0.5) is 0 Å². The van der Waals surface area contributed by atoms with Gasteiger partial charge in [-0.2, -0.15) is 0 Å². The Balaban J connectivity index is 2.85. The summed E-state index contributed by atoms with van der Waals surface area (Å²) >= 11 is 2.18. The third kappa shape index (κ3) is 3.52. The third-order valence-electron chi connectivity index (χ3n) is 1.90. The Kier molecular flexibility index (Phi) is 5.31. The summed E-state index contributed by atoms with van der Waals surface area (Å²) in [5, 5.41) is 0. The SMILES string of the molecule is CCOC(=O)/C=C/c1cccc(OC)c1I. The monoisotopic (exact) mass is 332 g/mol. The predicted molar refractivity (Wildman–Crippen MR) is 71.4 cm³/mol. The first kappa shape index (κ1) is 13.0. The average Bonchev–Trinajstić information content (AvgIpc) is 2.28. The number of hydrogen-bond acceptors (Lipinski definition) is 3. The minimum Gasteiger partial charge on any atom is -0.496 e. The molecule has 0 aliphatic rings. The van der Waals surface area contributed by atoms with Crippen molar-refractivity contribution in [2.45, 2.75) is 6.92 Å². The van der Waals surface area contributed by atoms with Gasteiger partial charge in [0, 0.05) is 6.08 Å². The van der Waals surface area contributed by atoms with Gasteiger partial charge >= 0.3 is 5.97 Å². The summed E-state index contributed by atoms with van der Waals surface area (Å²) in [6, 6.07) is 5.68. The van der Waals surface area contributed by atoms with Crippen molar-refractivity contribution in [1.29, 1.82) is 0 Å². The number of halogens is 1. The summed E-state index contributed by atoms with van der Waals surface area (Å²) in [4.78, 5) is 11.1. The van der Waals surface area contributed by atoms with E-state index < -0.39 is 0 Å². The molecule has 0 amide bonds. The van der Waals surface area contributed by atoms with Gasteiger partial charge in [0.1, 0.15) is 5.75 Å². The second-order valence-corrected chi connectivity index (χ2v) is 4.03. The summed E-state index contributed by atoms with van der Waals surface area (Å²) in [6.45, 7) is 2.17. The molecule has 0 unspecified atom stereocenters. The molecule has 0 fully saturated rings. The topological polar surface area (TPSA) is 35.5 Å². The predicted octanol–water partition coefficient (Wildman–Crippen LogP) is 2.88. The Morgan fingerprint density at radius 1 is 1.50 bits per heavy atom. The molecule has 0 aromatic heterocycles. The third-order valence-corrected chi connectivity index (χ3v) is 3.05. The number of methoxy groups -OCH3 is 1. The highest BCUT2D eigenvalue weighted by atomic mass is 127. The Morgan fingerprint density at radius 2 is 2.25 bits per heavy atom. The Morgan fingerprint density at radius 3 is 2.88 bits per heavy atom. The molecule has 1 aromatic carbocycles. The summed E-state index contributed by atoms with van der Waals surface area (Å²) in [5.41, 5.74) is 0.938. The van der Waals surface area contributed by atoms with E-state index in [2.05, 4.69) is 22.6 Å². The van der Waals surface area contributed by atoms with Crippen molar-refractivity contribution in [2.75, 3.05) is 13.7 Å². The number of carbonyl (C=O) groups is 1. The lowest BCUT2D eigenvalue weighted by atomic mass is 10.2. The lowest BCUT2D eigenvalue weighted by molar-refractivity contribution is -0.137. The fourth-order valence-corrected chi connectivity index (χ4v) is 1.92. The van der Waals surface area contributed by atoms with E-state index in [0.29, 0.717) is 6.61 Å². The number of hydrogen-bond donors (Lipinski definition) is 0. The van der Waals surface area contributed by atoms with Gasteiger partial charge < -0.3 is 9.47 Å².